The van der Waals surface area contributed by atoms with E-state index in [-0.39, 0.29) is 24.4 Å². The van der Waals surface area contributed by atoms with Gasteiger partial charge in [0.25, 0.3) is 5.91 Å². The number of nitrogens with one attached hydrogen (secondary N) is 2. The van der Waals surface area contributed by atoms with Gasteiger partial charge in [0.2, 0.25) is 5.91 Å². The fraction of sp³-hybridized carbons (Fsp3) is 0.214. The second-order valence-corrected chi connectivity index (χ2v) is 8.50. The van der Waals surface area contributed by atoms with Crippen molar-refractivity contribution < 1.29 is 19.1 Å². The molecule has 3 aromatic carbocycles. The number of para-hydroxylation sites is 1. The highest BCUT2D eigenvalue weighted by atomic mass is 16.5. The molecular formula is C28H27N3O4. The minimum Gasteiger partial charge on any atom is -0.493 e. The fourth-order valence-electron chi connectivity index (χ4n) is 4.78. The van der Waals surface area contributed by atoms with Crippen LogP contribution in [0.4, 0.5) is 0 Å². The number of carbonyl (C=O) groups is 2. The van der Waals surface area contributed by atoms with Crippen molar-refractivity contribution in [1.29, 1.82) is 0 Å². The average Bonchev–Trinajstić information content (AvgIpc) is 3.42. The zero-order valence-electron chi connectivity index (χ0n) is 19.7. The first-order valence-electron chi connectivity index (χ1n) is 11.5. The molecule has 1 aliphatic rings. The van der Waals surface area contributed by atoms with Gasteiger partial charge in [-0.1, -0.05) is 42.5 Å². The molecule has 1 aliphatic heterocycles. The van der Waals surface area contributed by atoms with Crippen LogP contribution in [0.15, 0.2) is 72.9 Å². The number of H-pyrrole nitrogens is 1. The second kappa shape index (κ2) is 9.54. The average molecular weight is 470 g/mol. The van der Waals surface area contributed by atoms with Crippen molar-refractivity contribution in [2.45, 2.75) is 12.5 Å². The topological polar surface area (TPSA) is 83.7 Å². The van der Waals surface area contributed by atoms with Crippen molar-refractivity contribution in [3.8, 4) is 11.5 Å². The lowest BCUT2D eigenvalue weighted by molar-refractivity contribution is -0.122. The Morgan fingerprint density at radius 3 is 2.57 bits per heavy atom. The number of amides is 2. The molecule has 7 heteroatoms. The van der Waals surface area contributed by atoms with Crippen molar-refractivity contribution in [3.05, 3.63) is 95.2 Å². The number of nitrogens with zero attached hydrogens (tertiary/aromatic N) is 1. The van der Waals surface area contributed by atoms with Gasteiger partial charge in [0.1, 0.15) is 6.54 Å². The highest BCUT2D eigenvalue weighted by Gasteiger charge is 2.39. The molecule has 0 bridgehead atoms. The molecule has 2 heterocycles. The van der Waals surface area contributed by atoms with Crippen LogP contribution in [0.1, 0.15) is 33.1 Å². The Labute approximate surface area is 203 Å². The molecule has 178 valence electrons. The Morgan fingerprint density at radius 1 is 0.971 bits per heavy atom. The van der Waals surface area contributed by atoms with E-state index in [9.17, 15) is 9.59 Å². The number of carbonyl (C=O) groups excluding carboxylic acids is 2. The SMILES string of the molecule is COc1ccc(CCNC(=O)CN2C(=O)c3ccccc3[C@H]2c2c[nH]c3ccccc23)cc1OC. The van der Waals surface area contributed by atoms with Crippen LogP contribution in [-0.2, 0) is 11.2 Å². The lowest BCUT2D eigenvalue weighted by Gasteiger charge is -2.25. The highest BCUT2D eigenvalue weighted by molar-refractivity contribution is 6.02. The predicted molar refractivity (Wildman–Crippen MR) is 134 cm³/mol. The third-order valence-electron chi connectivity index (χ3n) is 6.47. The van der Waals surface area contributed by atoms with E-state index in [4.69, 9.17) is 9.47 Å². The smallest absolute Gasteiger partial charge is 0.255 e. The molecule has 0 radical (unpaired) electrons. The van der Waals surface area contributed by atoms with Gasteiger partial charge in [0, 0.05) is 34.8 Å². The molecule has 5 rings (SSSR count). The van der Waals surface area contributed by atoms with Crippen LogP contribution in [0, 0.1) is 0 Å². The zero-order valence-corrected chi connectivity index (χ0v) is 19.7. The number of aromatic nitrogens is 1. The standard InChI is InChI=1S/C28H27N3O4/c1-34-24-12-11-18(15-25(24)35-2)13-14-29-26(32)17-31-27(20-8-3-4-9-21(20)28(31)33)22-16-30-23-10-6-5-7-19(22)23/h3-12,15-16,27,30H,13-14,17H2,1-2H3,(H,29,32)/t27-/m0/s1. The summed E-state index contributed by atoms with van der Waals surface area (Å²) in [6.45, 7) is 0.421. The molecule has 1 aromatic heterocycles. The van der Waals surface area contributed by atoms with Crippen LogP contribution in [0.3, 0.4) is 0 Å². The first kappa shape index (κ1) is 22.5. The summed E-state index contributed by atoms with van der Waals surface area (Å²) in [5.41, 5.74) is 4.56. The number of methoxy groups -OCH3 is 2. The Morgan fingerprint density at radius 2 is 1.74 bits per heavy atom. The molecule has 0 fully saturated rings. The first-order valence-corrected chi connectivity index (χ1v) is 11.5. The fourth-order valence-corrected chi connectivity index (χ4v) is 4.78. The van der Waals surface area contributed by atoms with Gasteiger partial charge in [-0.05, 0) is 41.8 Å². The molecule has 2 amide bonds. The van der Waals surface area contributed by atoms with Crippen LogP contribution in [-0.4, -0.2) is 49.0 Å². The van der Waals surface area contributed by atoms with E-state index < -0.39 is 0 Å². The summed E-state index contributed by atoms with van der Waals surface area (Å²) in [6, 6.07) is 20.9. The lowest BCUT2D eigenvalue weighted by Crippen LogP contribution is -2.40. The van der Waals surface area contributed by atoms with Gasteiger partial charge < -0.3 is 24.7 Å². The van der Waals surface area contributed by atoms with Crippen molar-refractivity contribution >= 4 is 22.7 Å². The van der Waals surface area contributed by atoms with E-state index in [0.717, 1.165) is 27.6 Å². The Balaban J connectivity index is 1.32. The normalized spacial score (nSPS) is 14.7. The molecule has 35 heavy (non-hydrogen) atoms. The van der Waals surface area contributed by atoms with Crippen LogP contribution < -0.4 is 14.8 Å². The van der Waals surface area contributed by atoms with E-state index >= 15 is 0 Å². The van der Waals surface area contributed by atoms with Crippen LogP contribution in [0.5, 0.6) is 11.5 Å². The second-order valence-electron chi connectivity index (χ2n) is 8.50. The summed E-state index contributed by atoms with van der Waals surface area (Å²) in [6.07, 6.45) is 2.57. The van der Waals surface area contributed by atoms with E-state index in [1.54, 1.807) is 19.1 Å². The van der Waals surface area contributed by atoms with Gasteiger partial charge in [0.15, 0.2) is 11.5 Å². The molecule has 0 spiro atoms. The van der Waals surface area contributed by atoms with E-state index in [1.165, 1.54) is 0 Å². The third-order valence-corrected chi connectivity index (χ3v) is 6.47. The van der Waals surface area contributed by atoms with Crippen molar-refractivity contribution in [1.82, 2.24) is 15.2 Å². The van der Waals surface area contributed by atoms with E-state index in [1.807, 2.05) is 72.9 Å². The molecule has 2 N–H and O–H groups in total. The molecule has 7 nitrogen and oxygen atoms in total. The Kier molecular flexibility index (Phi) is 6.14. The maximum absolute atomic E-state index is 13.3. The van der Waals surface area contributed by atoms with Crippen LogP contribution in [0.25, 0.3) is 10.9 Å². The number of fused-ring (bicyclic) bond motifs is 2. The molecule has 0 unspecified atom stereocenters. The number of benzene rings is 3. The minimum absolute atomic E-state index is 0.0242. The summed E-state index contributed by atoms with van der Waals surface area (Å²) >= 11 is 0. The minimum atomic E-state index is -0.327. The molecular weight excluding hydrogens is 442 g/mol. The van der Waals surface area contributed by atoms with Crippen LogP contribution >= 0.6 is 0 Å². The molecule has 1 atom stereocenters. The largest absolute Gasteiger partial charge is 0.493 e. The number of hydrogen-bond acceptors (Lipinski definition) is 4. The summed E-state index contributed by atoms with van der Waals surface area (Å²) in [7, 11) is 3.19. The maximum Gasteiger partial charge on any atom is 0.255 e. The zero-order chi connectivity index (χ0) is 24.4. The third kappa shape index (κ3) is 4.21. The maximum atomic E-state index is 13.3. The Bertz CT molecular complexity index is 1390. The molecule has 0 saturated heterocycles. The highest BCUT2D eigenvalue weighted by Crippen LogP contribution is 2.40. The van der Waals surface area contributed by atoms with E-state index in [2.05, 4.69) is 10.3 Å². The van der Waals surface area contributed by atoms with Crippen molar-refractivity contribution in [2.24, 2.45) is 0 Å². The van der Waals surface area contributed by atoms with Gasteiger partial charge in [-0.15, -0.1) is 0 Å². The molecule has 0 aliphatic carbocycles. The van der Waals surface area contributed by atoms with Crippen molar-refractivity contribution in [3.63, 3.8) is 0 Å². The number of ether oxygens (including phenoxy) is 2. The monoisotopic (exact) mass is 469 g/mol. The number of rotatable bonds is 8. The van der Waals surface area contributed by atoms with Gasteiger partial charge in [-0.3, -0.25) is 9.59 Å². The molecule has 0 saturated carbocycles. The van der Waals surface area contributed by atoms with Gasteiger partial charge >= 0.3 is 0 Å². The number of aromatic amines is 1. The van der Waals surface area contributed by atoms with E-state index in [0.29, 0.717) is 30.0 Å². The predicted octanol–water partition coefficient (Wildman–Crippen LogP) is 4.09. The van der Waals surface area contributed by atoms with Crippen LogP contribution in [0.2, 0.25) is 0 Å². The number of hydrogen-bond donors (Lipinski definition) is 2. The van der Waals surface area contributed by atoms with Gasteiger partial charge in [-0.2, -0.15) is 0 Å². The Hall–Kier alpha value is -4.26. The summed E-state index contributed by atoms with van der Waals surface area (Å²) in [5, 5.41) is 4.00. The van der Waals surface area contributed by atoms with Gasteiger partial charge in [0.05, 0.1) is 20.3 Å². The first-order chi connectivity index (χ1) is 17.1. The summed E-state index contributed by atoms with van der Waals surface area (Å²) in [5.74, 6) is 0.983. The van der Waals surface area contributed by atoms with Crippen molar-refractivity contribution in [2.75, 3.05) is 27.3 Å². The summed E-state index contributed by atoms with van der Waals surface area (Å²) < 4.78 is 10.6. The van der Waals surface area contributed by atoms with Gasteiger partial charge in [-0.25, -0.2) is 0 Å². The lowest BCUT2D eigenvalue weighted by atomic mass is 9.97. The quantitative estimate of drug-likeness (QED) is 0.407. The summed E-state index contributed by atoms with van der Waals surface area (Å²) in [4.78, 5) is 31.2. The molecule has 4 aromatic rings.